The molecule has 0 saturated carbocycles. The molecule has 1 aromatic heterocycles. The van der Waals surface area contributed by atoms with Crippen molar-refractivity contribution in [1.82, 2.24) is 4.98 Å². The van der Waals surface area contributed by atoms with E-state index in [2.05, 4.69) is 16.8 Å². The van der Waals surface area contributed by atoms with Crippen molar-refractivity contribution in [3.05, 3.63) is 17.8 Å². The molecular weight excluding hydrogens is 294 g/mol. The summed E-state index contributed by atoms with van der Waals surface area (Å²) >= 11 is 0. The summed E-state index contributed by atoms with van der Waals surface area (Å²) < 4.78 is 5.43. The Morgan fingerprint density at radius 2 is 2.17 bits per heavy atom. The van der Waals surface area contributed by atoms with Gasteiger partial charge in [0.25, 0.3) is 0 Å². The fourth-order valence-electron chi connectivity index (χ4n) is 3.24. The number of carboxylic acids is 1. The molecule has 6 heteroatoms. The number of nitrogen functional groups attached to an aromatic ring is 1. The zero-order chi connectivity index (χ0) is 16.8. The number of pyridine rings is 1. The lowest BCUT2D eigenvalue weighted by molar-refractivity contribution is -0.137. The minimum Gasteiger partial charge on any atom is -0.481 e. The Bertz CT molecular complexity index is 530. The molecule has 0 radical (unpaired) electrons. The Morgan fingerprint density at radius 3 is 2.70 bits per heavy atom. The van der Waals surface area contributed by atoms with E-state index >= 15 is 0 Å². The van der Waals surface area contributed by atoms with E-state index in [0.29, 0.717) is 11.7 Å². The molecule has 0 aliphatic carbocycles. The normalized spacial score (nSPS) is 17.0. The number of rotatable bonds is 7. The van der Waals surface area contributed by atoms with Crippen molar-refractivity contribution in [1.29, 1.82) is 0 Å². The first-order valence-electron chi connectivity index (χ1n) is 8.38. The van der Waals surface area contributed by atoms with Crippen LogP contribution in [0.2, 0.25) is 0 Å². The van der Waals surface area contributed by atoms with Gasteiger partial charge in [-0.1, -0.05) is 6.92 Å². The van der Waals surface area contributed by atoms with Crippen LogP contribution in [-0.2, 0) is 9.53 Å². The summed E-state index contributed by atoms with van der Waals surface area (Å²) in [7, 11) is 0. The van der Waals surface area contributed by atoms with Crippen LogP contribution in [0, 0.1) is 0 Å². The minimum atomic E-state index is -0.795. The summed E-state index contributed by atoms with van der Waals surface area (Å²) in [6, 6.07) is 2.29. The molecule has 2 rings (SSSR count). The van der Waals surface area contributed by atoms with Gasteiger partial charge in [0.2, 0.25) is 0 Å². The second-order valence-electron chi connectivity index (χ2n) is 6.01. The van der Waals surface area contributed by atoms with E-state index in [0.717, 1.165) is 50.4 Å². The molecule has 1 unspecified atom stereocenters. The van der Waals surface area contributed by atoms with Gasteiger partial charge in [0.05, 0.1) is 12.1 Å². The smallest absolute Gasteiger partial charge is 0.303 e. The van der Waals surface area contributed by atoms with Crippen molar-refractivity contribution in [3.8, 4) is 0 Å². The van der Waals surface area contributed by atoms with E-state index in [-0.39, 0.29) is 12.3 Å². The molecule has 1 fully saturated rings. The van der Waals surface area contributed by atoms with Gasteiger partial charge in [-0.05, 0) is 43.7 Å². The Morgan fingerprint density at radius 1 is 1.48 bits per heavy atom. The third-order valence-electron chi connectivity index (χ3n) is 4.55. The number of aliphatic carboxylic acids is 1. The van der Waals surface area contributed by atoms with Crippen molar-refractivity contribution in [3.63, 3.8) is 0 Å². The van der Waals surface area contributed by atoms with Crippen LogP contribution in [0.4, 0.5) is 11.5 Å². The Kier molecular flexibility index (Phi) is 6.21. The fraction of sp³-hybridized carbons (Fsp3) is 0.647. The van der Waals surface area contributed by atoms with Gasteiger partial charge in [0, 0.05) is 32.0 Å². The largest absolute Gasteiger partial charge is 0.481 e. The Balaban J connectivity index is 2.21. The average molecular weight is 321 g/mol. The topological polar surface area (TPSA) is 88.7 Å². The molecule has 2 heterocycles. The molecule has 6 nitrogen and oxygen atoms in total. The highest BCUT2D eigenvalue weighted by Gasteiger charge is 2.24. The van der Waals surface area contributed by atoms with Gasteiger partial charge in [0.1, 0.15) is 0 Å². The molecule has 1 aliphatic rings. The maximum absolute atomic E-state index is 11.0. The maximum atomic E-state index is 11.0. The lowest BCUT2D eigenvalue weighted by atomic mass is 9.94. The van der Waals surface area contributed by atoms with Crippen molar-refractivity contribution in [2.45, 2.75) is 51.5 Å². The van der Waals surface area contributed by atoms with E-state index in [4.69, 9.17) is 15.6 Å². The van der Waals surface area contributed by atoms with Crippen LogP contribution >= 0.6 is 0 Å². The van der Waals surface area contributed by atoms with Gasteiger partial charge < -0.3 is 20.5 Å². The third-order valence-corrected chi connectivity index (χ3v) is 4.55. The zero-order valence-corrected chi connectivity index (χ0v) is 14.0. The van der Waals surface area contributed by atoms with Gasteiger partial charge in [-0.25, -0.2) is 4.98 Å². The lowest BCUT2D eigenvalue weighted by Gasteiger charge is -2.35. The molecule has 0 amide bonds. The first-order chi connectivity index (χ1) is 11.1. The number of carboxylic acid groups (broad SMARTS) is 1. The Labute approximate surface area is 137 Å². The van der Waals surface area contributed by atoms with Crippen molar-refractivity contribution in [2.24, 2.45) is 0 Å². The SMILES string of the molecule is CCC(CC(=O)O)c1cnc(N(CC)C2CCOCC2)c(N)c1. The number of aromatic nitrogens is 1. The standard InChI is InChI=1S/C17H27N3O3/c1-3-12(10-16(21)22)13-9-15(18)17(19-11-13)20(4-2)14-5-7-23-8-6-14/h9,11-12,14H,3-8,10,18H2,1-2H3,(H,21,22). The summed E-state index contributed by atoms with van der Waals surface area (Å²) in [5.74, 6) is -0.0419. The monoisotopic (exact) mass is 321 g/mol. The minimum absolute atomic E-state index is 0.0468. The Hall–Kier alpha value is -1.82. The number of ether oxygens (including phenoxy) is 1. The summed E-state index contributed by atoms with van der Waals surface area (Å²) in [5, 5.41) is 9.02. The third kappa shape index (κ3) is 4.34. The van der Waals surface area contributed by atoms with Crippen LogP contribution in [0.25, 0.3) is 0 Å². The summed E-state index contributed by atoms with van der Waals surface area (Å²) in [4.78, 5) is 17.8. The number of anilines is 2. The second kappa shape index (κ2) is 8.15. The first-order valence-corrected chi connectivity index (χ1v) is 8.38. The van der Waals surface area contributed by atoms with Crippen molar-refractivity contribution < 1.29 is 14.6 Å². The molecule has 1 aromatic rings. The summed E-state index contributed by atoms with van der Waals surface area (Å²) in [6.45, 7) is 6.47. The van der Waals surface area contributed by atoms with E-state index < -0.39 is 5.97 Å². The number of carbonyl (C=O) groups is 1. The van der Waals surface area contributed by atoms with Crippen molar-refractivity contribution in [2.75, 3.05) is 30.4 Å². The molecule has 1 atom stereocenters. The lowest BCUT2D eigenvalue weighted by Crippen LogP contribution is -2.40. The van der Waals surface area contributed by atoms with Crippen LogP contribution in [-0.4, -0.2) is 41.9 Å². The van der Waals surface area contributed by atoms with Crippen LogP contribution < -0.4 is 10.6 Å². The van der Waals surface area contributed by atoms with Crippen LogP contribution in [0.5, 0.6) is 0 Å². The predicted octanol–water partition coefficient (Wildman–Crippen LogP) is 2.64. The molecule has 128 valence electrons. The highest BCUT2D eigenvalue weighted by atomic mass is 16.5. The number of hydrogen-bond acceptors (Lipinski definition) is 5. The van der Waals surface area contributed by atoms with E-state index in [1.54, 1.807) is 6.20 Å². The number of nitrogens with two attached hydrogens (primary N) is 1. The molecule has 0 spiro atoms. The molecule has 3 N–H and O–H groups in total. The van der Waals surface area contributed by atoms with Gasteiger partial charge in [-0.15, -0.1) is 0 Å². The molecule has 0 aromatic carbocycles. The van der Waals surface area contributed by atoms with Gasteiger partial charge in [-0.2, -0.15) is 0 Å². The number of nitrogens with zero attached hydrogens (tertiary/aromatic N) is 2. The molecule has 23 heavy (non-hydrogen) atoms. The van der Waals surface area contributed by atoms with Crippen LogP contribution in [0.3, 0.4) is 0 Å². The molecule has 0 bridgehead atoms. The second-order valence-corrected chi connectivity index (χ2v) is 6.01. The van der Waals surface area contributed by atoms with Crippen LogP contribution in [0.15, 0.2) is 12.3 Å². The predicted molar refractivity (Wildman–Crippen MR) is 90.8 cm³/mol. The fourth-order valence-corrected chi connectivity index (χ4v) is 3.24. The highest BCUT2D eigenvalue weighted by molar-refractivity contribution is 5.69. The zero-order valence-electron chi connectivity index (χ0n) is 14.0. The molecular formula is C17H27N3O3. The maximum Gasteiger partial charge on any atom is 0.303 e. The van der Waals surface area contributed by atoms with E-state index in [1.165, 1.54) is 0 Å². The quantitative estimate of drug-likeness (QED) is 0.802. The van der Waals surface area contributed by atoms with Gasteiger partial charge >= 0.3 is 5.97 Å². The van der Waals surface area contributed by atoms with Crippen LogP contribution in [0.1, 0.15) is 51.0 Å². The first kappa shape index (κ1) is 17.5. The number of hydrogen-bond donors (Lipinski definition) is 2. The highest BCUT2D eigenvalue weighted by Crippen LogP contribution is 2.30. The average Bonchev–Trinajstić information content (AvgIpc) is 2.55. The summed E-state index contributed by atoms with van der Waals surface area (Å²) in [6.07, 6.45) is 4.60. The van der Waals surface area contributed by atoms with E-state index in [1.807, 2.05) is 13.0 Å². The van der Waals surface area contributed by atoms with Crippen molar-refractivity contribution >= 4 is 17.5 Å². The molecule has 1 aliphatic heterocycles. The van der Waals surface area contributed by atoms with E-state index in [9.17, 15) is 4.79 Å². The van der Waals surface area contributed by atoms with Gasteiger partial charge in [0.15, 0.2) is 5.82 Å². The molecule has 1 saturated heterocycles. The summed E-state index contributed by atoms with van der Waals surface area (Å²) in [5.41, 5.74) is 7.77. The van der Waals surface area contributed by atoms with Gasteiger partial charge in [-0.3, -0.25) is 4.79 Å².